The number of hydrogen-bond donors (Lipinski definition) is 1. The van der Waals surface area contributed by atoms with Gasteiger partial charge >= 0.3 is 5.97 Å². The first-order valence-corrected chi connectivity index (χ1v) is 11.3. The summed E-state index contributed by atoms with van der Waals surface area (Å²) in [6.45, 7) is 1.69. The Morgan fingerprint density at radius 3 is 2.56 bits per heavy atom. The van der Waals surface area contributed by atoms with Gasteiger partial charge < -0.3 is 19.3 Å². The summed E-state index contributed by atoms with van der Waals surface area (Å²) in [5.74, 6) is 0.133. The van der Waals surface area contributed by atoms with E-state index in [-0.39, 0.29) is 22.6 Å². The molecule has 4 rings (SSSR count). The van der Waals surface area contributed by atoms with Gasteiger partial charge in [-0.05, 0) is 48.9 Å². The van der Waals surface area contributed by atoms with E-state index in [0.717, 1.165) is 0 Å². The third kappa shape index (κ3) is 4.08. The van der Waals surface area contributed by atoms with Crippen molar-refractivity contribution in [2.24, 2.45) is 4.99 Å². The van der Waals surface area contributed by atoms with Crippen molar-refractivity contribution in [2.75, 3.05) is 21.3 Å². The number of esters is 1. The number of methoxy groups -OCH3 is 3. The lowest BCUT2D eigenvalue weighted by atomic mass is 9.95. The molecule has 2 heterocycles. The number of aromatic nitrogens is 1. The van der Waals surface area contributed by atoms with Crippen LogP contribution in [0.25, 0.3) is 6.08 Å². The van der Waals surface area contributed by atoms with Gasteiger partial charge in [-0.15, -0.1) is 0 Å². The van der Waals surface area contributed by atoms with E-state index < -0.39 is 12.0 Å². The van der Waals surface area contributed by atoms with Crippen molar-refractivity contribution in [1.82, 2.24) is 4.57 Å². The molecule has 0 spiro atoms. The van der Waals surface area contributed by atoms with E-state index in [1.807, 2.05) is 0 Å². The molecule has 0 radical (unpaired) electrons. The second-order valence-electron chi connectivity index (χ2n) is 7.39. The third-order valence-electron chi connectivity index (χ3n) is 5.41. The van der Waals surface area contributed by atoms with E-state index in [2.05, 4.69) is 4.99 Å². The number of hydrogen-bond acceptors (Lipinski definition) is 8. The number of halogens is 1. The van der Waals surface area contributed by atoms with Gasteiger partial charge in [0.05, 0.1) is 37.1 Å². The number of ether oxygens (including phenoxy) is 3. The molecule has 1 atom stereocenters. The number of phenolic OH excluding ortho intramolecular Hbond substituents is 1. The van der Waals surface area contributed by atoms with Crippen molar-refractivity contribution in [3.8, 4) is 17.2 Å². The average molecular weight is 501 g/mol. The van der Waals surface area contributed by atoms with Gasteiger partial charge in [-0.3, -0.25) is 9.36 Å². The highest BCUT2D eigenvalue weighted by Gasteiger charge is 2.35. The number of fused-ring (bicyclic) bond motifs is 1. The molecular formula is C24H21ClN2O6S. The molecule has 0 saturated heterocycles. The molecule has 3 aromatic rings. The van der Waals surface area contributed by atoms with Crippen LogP contribution in [0, 0.1) is 0 Å². The summed E-state index contributed by atoms with van der Waals surface area (Å²) in [6.07, 6.45) is 1.68. The number of thiazole rings is 1. The van der Waals surface area contributed by atoms with Crippen LogP contribution in [0.2, 0.25) is 5.02 Å². The molecule has 10 heteroatoms. The summed E-state index contributed by atoms with van der Waals surface area (Å²) in [5.41, 5.74) is 1.48. The molecule has 0 unspecified atom stereocenters. The second-order valence-corrected chi connectivity index (χ2v) is 8.84. The standard InChI is InChI=1S/C24H21ClN2O6S/c1-12-20(23(30)33-4)21(15-11-14(25)6-8-17(15)31-2)27-22(29)19(34-24(27)26-12)10-13-5-7-16(28)18(9-13)32-3/h5-11,21,28H,1-4H3/b19-10-/t21-/m0/s1. The predicted molar refractivity (Wildman–Crippen MR) is 128 cm³/mol. The van der Waals surface area contributed by atoms with E-state index in [9.17, 15) is 14.7 Å². The monoisotopic (exact) mass is 500 g/mol. The fraction of sp³-hybridized carbons (Fsp3) is 0.208. The molecule has 1 aliphatic heterocycles. The van der Waals surface area contributed by atoms with Crippen molar-refractivity contribution in [2.45, 2.75) is 13.0 Å². The van der Waals surface area contributed by atoms with Crippen molar-refractivity contribution >= 4 is 35.0 Å². The largest absolute Gasteiger partial charge is 0.504 e. The van der Waals surface area contributed by atoms with Crippen LogP contribution in [0.3, 0.4) is 0 Å². The van der Waals surface area contributed by atoms with Crippen molar-refractivity contribution in [3.63, 3.8) is 0 Å². The average Bonchev–Trinajstić information content (AvgIpc) is 3.13. The Labute approximate surface area is 203 Å². The Bertz CT molecular complexity index is 1500. The summed E-state index contributed by atoms with van der Waals surface area (Å²) in [4.78, 5) is 31.4. The number of nitrogens with zero attached hydrogens (tertiary/aromatic N) is 2. The summed E-state index contributed by atoms with van der Waals surface area (Å²) in [7, 11) is 4.23. The second kappa shape index (κ2) is 9.36. The van der Waals surface area contributed by atoms with Gasteiger partial charge in [0.15, 0.2) is 16.3 Å². The molecule has 0 saturated carbocycles. The Balaban J connectivity index is 2.01. The zero-order valence-corrected chi connectivity index (χ0v) is 20.4. The lowest BCUT2D eigenvalue weighted by Crippen LogP contribution is -2.40. The quantitative estimate of drug-likeness (QED) is 0.541. The minimum atomic E-state index is -0.853. The van der Waals surface area contributed by atoms with Gasteiger partial charge in [0.2, 0.25) is 0 Å². The van der Waals surface area contributed by atoms with Gasteiger partial charge in [-0.2, -0.15) is 0 Å². The number of aromatic hydroxyl groups is 1. The summed E-state index contributed by atoms with van der Waals surface area (Å²) < 4.78 is 17.5. The molecule has 8 nitrogen and oxygen atoms in total. The van der Waals surface area contributed by atoms with Crippen LogP contribution < -0.4 is 24.4 Å². The number of carbonyl (C=O) groups excluding carboxylic acids is 1. The fourth-order valence-corrected chi connectivity index (χ4v) is 5.07. The van der Waals surface area contributed by atoms with Crippen LogP contribution in [0.5, 0.6) is 17.2 Å². The molecule has 0 fully saturated rings. The number of rotatable bonds is 5. The maximum atomic E-state index is 13.6. The van der Waals surface area contributed by atoms with Crippen LogP contribution >= 0.6 is 22.9 Å². The van der Waals surface area contributed by atoms with Gasteiger partial charge in [0.1, 0.15) is 11.8 Å². The first-order chi connectivity index (χ1) is 16.3. The highest BCUT2D eigenvalue weighted by atomic mass is 35.5. The lowest BCUT2D eigenvalue weighted by Gasteiger charge is -2.25. The van der Waals surface area contributed by atoms with Crippen LogP contribution in [0.1, 0.15) is 24.1 Å². The van der Waals surface area contributed by atoms with Crippen LogP contribution in [0.4, 0.5) is 0 Å². The Hall–Kier alpha value is -3.56. The van der Waals surface area contributed by atoms with Crippen molar-refractivity contribution < 1.29 is 24.1 Å². The maximum Gasteiger partial charge on any atom is 0.338 e. The van der Waals surface area contributed by atoms with Crippen molar-refractivity contribution in [1.29, 1.82) is 0 Å². The zero-order valence-electron chi connectivity index (χ0n) is 18.8. The molecule has 1 aliphatic rings. The minimum Gasteiger partial charge on any atom is -0.504 e. The molecule has 34 heavy (non-hydrogen) atoms. The van der Waals surface area contributed by atoms with Crippen LogP contribution in [-0.2, 0) is 9.53 Å². The van der Waals surface area contributed by atoms with Gasteiger partial charge in [0, 0.05) is 10.6 Å². The van der Waals surface area contributed by atoms with E-state index >= 15 is 0 Å². The number of carbonyl (C=O) groups is 1. The molecular weight excluding hydrogens is 480 g/mol. The molecule has 2 aromatic carbocycles. The highest BCUT2D eigenvalue weighted by molar-refractivity contribution is 7.07. The smallest absolute Gasteiger partial charge is 0.338 e. The molecule has 0 aliphatic carbocycles. The summed E-state index contributed by atoms with van der Waals surface area (Å²) in [6, 6.07) is 8.93. The maximum absolute atomic E-state index is 13.6. The Morgan fingerprint density at radius 2 is 1.88 bits per heavy atom. The molecule has 176 valence electrons. The summed E-state index contributed by atoms with van der Waals surface area (Å²) >= 11 is 7.46. The van der Waals surface area contributed by atoms with E-state index in [1.165, 1.54) is 43.3 Å². The molecule has 0 amide bonds. The molecule has 1 N–H and O–H groups in total. The third-order valence-corrected chi connectivity index (χ3v) is 6.63. The molecule has 0 bridgehead atoms. The lowest BCUT2D eigenvalue weighted by molar-refractivity contribution is -0.136. The minimum absolute atomic E-state index is 0.00694. The highest BCUT2D eigenvalue weighted by Crippen LogP contribution is 2.37. The Kier molecular flexibility index (Phi) is 6.49. The topological polar surface area (TPSA) is 99.4 Å². The summed E-state index contributed by atoms with van der Waals surface area (Å²) in [5, 5.41) is 10.3. The van der Waals surface area contributed by atoms with E-state index in [1.54, 1.807) is 43.3 Å². The first-order valence-electron chi connectivity index (χ1n) is 10.1. The normalized spacial score (nSPS) is 15.6. The van der Waals surface area contributed by atoms with E-state index in [4.69, 9.17) is 25.8 Å². The first kappa shape index (κ1) is 23.6. The van der Waals surface area contributed by atoms with Gasteiger partial charge in [-0.1, -0.05) is 29.0 Å². The van der Waals surface area contributed by atoms with Crippen molar-refractivity contribution in [3.05, 3.63) is 83.5 Å². The zero-order chi connectivity index (χ0) is 24.6. The number of allylic oxidation sites excluding steroid dienone is 1. The molecule has 1 aromatic heterocycles. The number of phenols is 1. The van der Waals surface area contributed by atoms with Gasteiger partial charge in [0.25, 0.3) is 5.56 Å². The predicted octanol–water partition coefficient (Wildman–Crippen LogP) is 2.78. The Morgan fingerprint density at radius 1 is 1.15 bits per heavy atom. The number of benzene rings is 2. The van der Waals surface area contributed by atoms with Crippen LogP contribution in [-0.4, -0.2) is 37.0 Å². The van der Waals surface area contributed by atoms with E-state index in [0.29, 0.717) is 36.9 Å². The van der Waals surface area contributed by atoms with Gasteiger partial charge in [-0.25, -0.2) is 9.79 Å². The fourth-order valence-electron chi connectivity index (χ4n) is 3.84. The van der Waals surface area contributed by atoms with Crippen LogP contribution in [0.15, 0.2) is 57.5 Å². The SMILES string of the molecule is COC(=O)C1=C(C)N=c2s/c(=C\c3ccc(O)c(OC)c3)c(=O)n2[C@H]1c1cc(Cl)ccc1OC.